The molecule has 1 saturated carbocycles. The zero-order chi connectivity index (χ0) is 29.8. The number of ketones is 1. The summed E-state index contributed by atoms with van der Waals surface area (Å²) in [7, 11) is 1.55. The minimum absolute atomic E-state index is 0.0126. The molecular weight excluding hydrogens is 537 g/mol. The molecule has 3 N–H and O–H groups in total. The molecule has 8 nitrogen and oxygen atoms in total. The first-order valence-electron chi connectivity index (χ1n) is 14.0. The molecule has 0 radical (unpaired) electrons. The predicted molar refractivity (Wildman–Crippen MR) is 155 cm³/mol. The summed E-state index contributed by atoms with van der Waals surface area (Å²) in [4.78, 5) is 35.2. The number of hydrogen-bond acceptors (Lipinski definition) is 7. The molecule has 42 heavy (non-hydrogen) atoms. The number of nitrogens with two attached hydrogens (primary N) is 1. The Bertz CT molecular complexity index is 1730. The standard InChI is InChI=1S/C33H32FN3O5/c1-32(31(35)39)17-42-30-24(32)15-27(37-29(30)19-6-8-23(34)9-7-19)33(2,40)11-10-25(38)20-12-21-13-22(18-4-5-18)16-36-28(21)26(14-20)41-3/h6-9,12-16,18,40H,4-5,10-11,17H2,1-3H3,(H2,35,39)/t32-,33-/m0/s1. The van der Waals surface area contributed by atoms with Gasteiger partial charge in [-0.15, -0.1) is 0 Å². The highest BCUT2D eigenvalue weighted by Gasteiger charge is 2.45. The lowest BCUT2D eigenvalue weighted by Crippen LogP contribution is -2.40. The van der Waals surface area contributed by atoms with Crippen LogP contribution in [0.5, 0.6) is 11.5 Å². The van der Waals surface area contributed by atoms with Gasteiger partial charge in [0.05, 0.1) is 12.8 Å². The first-order valence-corrected chi connectivity index (χ1v) is 14.0. The summed E-state index contributed by atoms with van der Waals surface area (Å²) in [6.07, 6.45) is 4.23. The van der Waals surface area contributed by atoms with Crippen LogP contribution < -0.4 is 15.2 Å². The fourth-order valence-corrected chi connectivity index (χ4v) is 5.49. The lowest BCUT2D eigenvalue weighted by atomic mass is 9.81. The van der Waals surface area contributed by atoms with E-state index < -0.39 is 22.7 Å². The quantitative estimate of drug-likeness (QED) is 0.261. The Morgan fingerprint density at radius 2 is 1.93 bits per heavy atom. The molecule has 2 aromatic heterocycles. The van der Waals surface area contributed by atoms with Gasteiger partial charge in [-0.1, -0.05) is 0 Å². The van der Waals surface area contributed by atoms with Gasteiger partial charge in [-0.05, 0) is 93.1 Å². The normalized spacial score (nSPS) is 19.2. The average Bonchev–Trinajstić information content (AvgIpc) is 3.78. The zero-order valence-electron chi connectivity index (χ0n) is 23.7. The summed E-state index contributed by atoms with van der Waals surface area (Å²) in [5.74, 6) is 0.231. The summed E-state index contributed by atoms with van der Waals surface area (Å²) < 4.78 is 25.1. The second kappa shape index (κ2) is 10.2. The van der Waals surface area contributed by atoms with Gasteiger partial charge in [-0.2, -0.15) is 0 Å². The Hall–Kier alpha value is -4.37. The van der Waals surface area contributed by atoms with Crippen molar-refractivity contribution < 1.29 is 28.6 Å². The molecule has 1 fully saturated rings. The number of aliphatic hydroxyl groups is 1. The minimum atomic E-state index is -1.55. The summed E-state index contributed by atoms with van der Waals surface area (Å²) in [5, 5.41) is 12.5. The Morgan fingerprint density at radius 3 is 2.60 bits per heavy atom. The Labute approximate surface area is 242 Å². The van der Waals surface area contributed by atoms with E-state index in [1.54, 1.807) is 45.2 Å². The van der Waals surface area contributed by atoms with E-state index in [0.717, 1.165) is 23.8 Å². The summed E-state index contributed by atoms with van der Waals surface area (Å²) in [6, 6.07) is 12.9. The number of halogens is 1. The number of aromatic nitrogens is 2. The Morgan fingerprint density at radius 1 is 1.19 bits per heavy atom. The predicted octanol–water partition coefficient (Wildman–Crippen LogP) is 5.33. The Balaban J connectivity index is 1.32. The molecule has 2 atom stereocenters. The van der Waals surface area contributed by atoms with Crippen LogP contribution in [0, 0.1) is 5.82 Å². The highest BCUT2D eigenvalue weighted by molar-refractivity contribution is 6.01. The number of ether oxygens (including phenoxy) is 2. The maximum atomic E-state index is 13.7. The number of Topliss-reactive ketones (excluding diaryl/α,β-unsaturated/α-hetero) is 1. The molecule has 6 rings (SSSR count). The van der Waals surface area contributed by atoms with Crippen LogP contribution in [0.1, 0.15) is 72.6 Å². The number of hydrogen-bond donors (Lipinski definition) is 2. The molecule has 2 aromatic carbocycles. The number of rotatable bonds is 9. The van der Waals surface area contributed by atoms with Crippen LogP contribution in [-0.4, -0.2) is 40.5 Å². The van der Waals surface area contributed by atoms with E-state index in [1.807, 2.05) is 12.3 Å². The molecule has 2 aliphatic rings. The van der Waals surface area contributed by atoms with Crippen LogP contribution in [0.25, 0.3) is 22.2 Å². The largest absolute Gasteiger partial charge is 0.494 e. The first-order chi connectivity index (χ1) is 20.0. The fraction of sp³-hybridized carbons (Fsp3) is 0.333. The number of amides is 1. The lowest BCUT2D eigenvalue weighted by Gasteiger charge is -2.26. The molecule has 216 valence electrons. The highest BCUT2D eigenvalue weighted by Crippen LogP contribution is 2.46. The second-order valence-corrected chi connectivity index (χ2v) is 11.7. The van der Waals surface area contributed by atoms with Crippen LogP contribution in [-0.2, 0) is 15.8 Å². The van der Waals surface area contributed by atoms with Crippen LogP contribution in [0.4, 0.5) is 4.39 Å². The van der Waals surface area contributed by atoms with Crippen molar-refractivity contribution in [3.05, 3.63) is 82.9 Å². The minimum Gasteiger partial charge on any atom is -0.494 e. The van der Waals surface area contributed by atoms with Crippen LogP contribution in [0.3, 0.4) is 0 Å². The molecule has 3 heterocycles. The molecule has 1 amide bonds. The number of methoxy groups -OCH3 is 1. The van der Waals surface area contributed by atoms with Crippen molar-refractivity contribution in [1.29, 1.82) is 0 Å². The van der Waals surface area contributed by atoms with Crippen molar-refractivity contribution in [1.82, 2.24) is 9.97 Å². The van der Waals surface area contributed by atoms with Gasteiger partial charge in [0.25, 0.3) is 0 Å². The van der Waals surface area contributed by atoms with Gasteiger partial charge in [0.15, 0.2) is 5.78 Å². The van der Waals surface area contributed by atoms with Crippen molar-refractivity contribution in [3.8, 4) is 22.8 Å². The zero-order valence-corrected chi connectivity index (χ0v) is 23.7. The maximum absolute atomic E-state index is 13.7. The third-order valence-electron chi connectivity index (χ3n) is 8.48. The van der Waals surface area contributed by atoms with E-state index >= 15 is 0 Å². The number of primary amides is 1. The summed E-state index contributed by atoms with van der Waals surface area (Å²) in [5.41, 5.74) is 7.03. The van der Waals surface area contributed by atoms with E-state index in [9.17, 15) is 19.1 Å². The van der Waals surface area contributed by atoms with E-state index in [2.05, 4.69) is 11.1 Å². The lowest BCUT2D eigenvalue weighted by molar-refractivity contribution is -0.123. The SMILES string of the molecule is COc1cc(C(=O)CC[C@](C)(O)c2cc3c(c(-c4ccc(F)cc4)n2)OC[C@]3(C)C(N)=O)cc2cc(C3CC3)cnc12. The van der Waals surface area contributed by atoms with E-state index in [4.69, 9.17) is 20.2 Å². The smallest absolute Gasteiger partial charge is 0.231 e. The van der Waals surface area contributed by atoms with E-state index in [1.165, 1.54) is 12.1 Å². The first kappa shape index (κ1) is 27.8. The van der Waals surface area contributed by atoms with E-state index in [-0.39, 0.29) is 30.9 Å². The average molecular weight is 570 g/mol. The molecule has 0 bridgehead atoms. The number of nitrogens with zero attached hydrogens (tertiary/aromatic N) is 2. The maximum Gasteiger partial charge on any atom is 0.231 e. The molecule has 1 aliphatic carbocycles. The van der Waals surface area contributed by atoms with Crippen molar-refractivity contribution in [2.45, 2.75) is 56.5 Å². The molecule has 0 saturated heterocycles. The highest BCUT2D eigenvalue weighted by atomic mass is 19.1. The number of pyridine rings is 2. The molecule has 4 aromatic rings. The van der Waals surface area contributed by atoms with Gasteiger partial charge in [-0.25, -0.2) is 9.37 Å². The second-order valence-electron chi connectivity index (χ2n) is 11.7. The van der Waals surface area contributed by atoms with Crippen molar-refractivity contribution in [2.75, 3.05) is 13.7 Å². The Kier molecular flexibility index (Phi) is 6.73. The number of benzene rings is 2. The van der Waals surface area contributed by atoms with Crippen LogP contribution in [0.2, 0.25) is 0 Å². The molecule has 0 spiro atoms. The van der Waals surface area contributed by atoms with Crippen LogP contribution in [0.15, 0.2) is 54.7 Å². The topological polar surface area (TPSA) is 125 Å². The van der Waals surface area contributed by atoms with Crippen molar-refractivity contribution >= 4 is 22.6 Å². The van der Waals surface area contributed by atoms with Gasteiger partial charge in [0.2, 0.25) is 5.91 Å². The fourth-order valence-electron chi connectivity index (χ4n) is 5.49. The van der Waals surface area contributed by atoms with Gasteiger partial charge in [0.1, 0.15) is 46.1 Å². The molecule has 0 unspecified atom stereocenters. The summed E-state index contributed by atoms with van der Waals surface area (Å²) in [6.45, 7) is 3.26. The van der Waals surface area contributed by atoms with Gasteiger partial charge in [-0.3, -0.25) is 14.6 Å². The third-order valence-corrected chi connectivity index (χ3v) is 8.48. The number of carbonyl (C=O) groups is 2. The van der Waals surface area contributed by atoms with Gasteiger partial charge >= 0.3 is 0 Å². The van der Waals surface area contributed by atoms with Gasteiger partial charge in [0, 0.05) is 34.7 Å². The van der Waals surface area contributed by atoms with Crippen molar-refractivity contribution in [3.63, 3.8) is 0 Å². The molecule has 1 aliphatic heterocycles. The third kappa shape index (κ3) is 4.87. The van der Waals surface area contributed by atoms with Crippen LogP contribution >= 0.6 is 0 Å². The summed E-state index contributed by atoms with van der Waals surface area (Å²) >= 11 is 0. The van der Waals surface area contributed by atoms with E-state index in [0.29, 0.717) is 45.3 Å². The molecular formula is C33H32FN3O5. The van der Waals surface area contributed by atoms with Crippen molar-refractivity contribution in [2.24, 2.45) is 5.73 Å². The van der Waals surface area contributed by atoms with Gasteiger partial charge < -0.3 is 20.3 Å². The molecule has 9 heteroatoms. The monoisotopic (exact) mass is 569 g/mol. The number of fused-ring (bicyclic) bond motifs is 2. The number of carbonyl (C=O) groups excluding carboxylic acids is 2.